The van der Waals surface area contributed by atoms with Crippen molar-refractivity contribution in [2.75, 3.05) is 12.4 Å². The molecule has 0 saturated heterocycles. The lowest BCUT2D eigenvalue weighted by Gasteiger charge is -2.11. The lowest BCUT2D eigenvalue weighted by molar-refractivity contribution is 0.628. The number of nitrogens with one attached hydrogen (secondary N) is 1. The van der Waals surface area contributed by atoms with Crippen molar-refractivity contribution in [1.82, 2.24) is 9.97 Å². The zero-order valence-corrected chi connectivity index (χ0v) is 13.7. The molecular weight excluding hydrogens is 392 g/mol. The molecule has 0 spiro atoms. The van der Waals surface area contributed by atoms with Crippen molar-refractivity contribution in [2.45, 2.75) is 18.8 Å². The van der Waals surface area contributed by atoms with E-state index >= 15 is 0 Å². The second-order valence-corrected chi connectivity index (χ2v) is 6.23. The first-order chi connectivity index (χ1) is 9.60. The van der Waals surface area contributed by atoms with Gasteiger partial charge >= 0.3 is 0 Å². The summed E-state index contributed by atoms with van der Waals surface area (Å²) >= 11 is 7.98. The highest BCUT2D eigenvalue weighted by atomic mass is 127. The molecule has 1 aromatic carbocycles. The fraction of sp³-hybridized carbons (Fsp3) is 0.286. The Morgan fingerprint density at radius 3 is 2.70 bits per heavy atom. The van der Waals surface area contributed by atoms with E-state index < -0.39 is 5.82 Å². The van der Waals surface area contributed by atoms with E-state index in [2.05, 4.69) is 37.9 Å². The number of hydrogen-bond donors (Lipinski definition) is 1. The summed E-state index contributed by atoms with van der Waals surface area (Å²) in [6.07, 6.45) is 2.31. The van der Waals surface area contributed by atoms with Gasteiger partial charge in [0, 0.05) is 18.5 Å². The van der Waals surface area contributed by atoms with Crippen LogP contribution in [0.3, 0.4) is 0 Å². The molecule has 2 aromatic rings. The van der Waals surface area contributed by atoms with Crippen LogP contribution in [0.4, 0.5) is 10.2 Å². The van der Waals surface area contributed by atoms with E-state index in [0.29, 0.717) is 17.3 Å². The molecule has 6 heteroatoms. The largest absolute Gasteiger partial charge is 0.372 e. The molecular formula is C14H12ClFIN3. The molecule has 0 aliphatic heterocycles. The maximum atomic E-state index is 13.6. The van der Waals surface area contributed by atoms with Gasteiger partial charge in [-0.1, -0.05) is 11.6 Å². The summed E-state index contributed by atoms with van der Waals surface area (Å²) in [5.41, 5.74) is 1.69. The third-order valence-electron chi connectivity index (χ3n) is 3.26. The van der Waals surface area contributed by atoms with Gasteiger partial charge in [-0.2, -0.15) is 0 Å². The number of benzene rings is 1. The SMILES string of the molecule is CNc1nc(-c2ccc(Cl)c(F)c2)nc(C2CC2)c1I. The topological polar surface area (TPSA) is 37.8 Å². The molecule has 1 saturated carbocycles. The van der Waals surface area contributed by atoms with Gasteiger partial charge in [-0.3, -0.25) is 0 Å². The van der Waals surface area contributed by atoms with Gasteiger partial charge in [0.15, 0.2) is 5.82 Å². The van der Waals surface area contributed by atoms with Crippen LogP contribution in [0.15, 0.2) is 18.2 Å². The quantitative estimate of drug-likeness (QED) is 0.769. The van der Waals surface area contributed by atoms with Crippen LogP contribution in [-0.4, -0.2) is 17.0 Å². The Hall–Kier alpha value is -0.950. The van der Waals surface area contributed by atoms with Gasteiger partial charge in [-0.25, -0.2) is 14.4 Å². The summed E-state index contributed by atoms with van der Waals surface area (Å²) < 4.78 is 14.6. The summed E-state index contributed by atoms with van der Waals surface area (Å²) in [6.45, 7) is 0. The monoisotopic (exact) mass is 403 g/mol. The maximum absolute atomic E-state index is 13.6. The van der Waals surface area contributed by atoms with Crippen molar-refractivity contribution in [1.29, 1.82) is 0 Å². The van der Waals surface area contributed by atoms with Gasteiger partial charge in [0.1, 0.15) is 11.6 Å². The molecule has 3 nitrogen and oxygen atoms in total. The molecule has 0 atom stereocenters. The molecule has 0 radical (unpaired) electrons. The molecule has 1 fully saturated rings. The van der Waals surface area contributed by atoms with Crippen LogP contribution in [0.5, 0.6) is 0 Å². The Balaban J connectivity index is 2.12. The number of nitrogens with zero attached hydrogens (tertiary/aromatic N) is 2. The molecule has 1 aliphatic rings. The molecule has 3 rings (SSSR count). The minimum atomic E-state index is -0.453. The first-order valence-corrected chi connectivity index (χ1v) is 7.76. The highest BCUT2D eigenvalue weighted by Crippen LogP contribution is 2.42. The standard InChI is InChI=1S/C14H12ClFIN3/c1-18-14-11(17)12(7-2-3-7)19-13(20-14)8-4-5-9(15)10(16)6-8/h4-7H,2-3H2,1H3,(H,18,19,20). The van der Waals surface area contributed by atoms with Crippen molar-refractivity contribution in [2.24, 2.45) is 0 Å². The van der Waals surface area contributed by atoms with E-state index in [1.54, 1.807) is 6.07 Å². The molecule has 20 heavy (non-hydrogen) atoms. The Bertz CT molecular complexity index is 674. The lowest BCUT2D eigenvalue weighted by atomic mass is 10.2. The second kappa shape index (κ2) is 5.44. The minimum Gasteiger partial charge on any atom is -0.372 e. The molecule has 1 heterocycles. The van der Waals surface area contributed by atoms with Gasteiger partial charge in [0.2, 0.25) is 0 Å². The number of anilines is 1. The van der Waals surface area contributed by atoms with Gasteiger partial charge in [0.25, 0.3) is 0 Å². The Morgan fingerprint density at radius 1 is 1.35 bits per heavy atom. The van der Waals surface area contributed by atoms with Gasteiger partial charge < -0.3 is 5.32 Å². The van der Waals surface area contributed by atoms with E-state index in [0.717, 1.165) is 27.9 Å². The third-order valence-corrected chi connectivity index (χ3v) is 4.63. The summed E-state index contributed by atoms with van der Waals surface area (Å²) in [5, 5.41) is 3.18. The maximum Gasteiger partial charge on any atom is 0.161 e. The normalized spacial score (nSPS) is 14.4. The molecule has 0 bridgehead atoms. The number of halogens is 3. The van der Waals surface area contributed by atoms with Crippen LogP contribution in [-0.2, 0) is 0 Å². The van der Waals surface area contributed by atoms with Crippen LogP contribution in [0, 0.1) is 9.39 Å². The van der Waals surface area contributed by atoms with Gasteiger partial charge in [0.05, 0.1) is 14.3 Å². The van der Waals surface area contributed by atoms with Crippen molar-refractivity contribution < 1.29 is 4.39 Å². The molecule has 1 aliphatic carbocycles. The highest BCUT2D eigenvalue weighted by Gasteiger charge is 2.29. The molecule has 1 aromatic heterocycles. The van der Waals surface area contributed by atoms with Crippen molar-refractivity contribution in [3.63, 3.8) is 0 Å². The molecule has 0 unspecified atom stereocenters. The number of aromatic nitrogens is 2. The first-order valence-electron chi connectivity index (χ1n) is 6.30. The van der Waals surface area contributed by atoms with E-state index in [-0.39, 0.29) is 5.02 Å². The van der Waals surface area contributed by atoms with Crippen LogP contribution in [0.2, 0.25) is 5.02 Å². The van der Waals surface area contributed by atoms with E-state index in [1.165, 1.54) is 12.1 Å². The Labute approximate surface area is 135 Å². The van der Waals surface area contributed by atoms with Crippen LogP contribution in [0.25, 0.3) is 11.4 Å². The summed E-state index contributed by atoms with van der Waals surface area (Å²) in [7, 11) is 1.83. The Kier molecular flexibility index (Phi) is 3.81. The molecule has 104 valence electrons. The van der Waals surface area contributed by atoms with Crippen molar-refractivity contribution >= 4 is 40.0 Å². The third kappa shape index (κ3) is 2.61. The van der Waals surface area contributed by atoms with Crippen LogP contribution in [0.1, 0.15) is 24.5 Å². The van der Waals surface area contributed by atoms with E-state index in [1.807, 2.05) is 7.05 Å². The smallest absolute Gasteiger partial charge is 0.161 e. The minimum absolute atomic E-state index is 0.107. The van der Waals surface area contributed by atoms with E-state index in [4.69, 9.17) is 11.6 Å². The van der Waals surface area contributed by atoms with E-state index in [9.17, 15) is 4.39 Å². The number of hydrogen-bond acceptors (Lipinski definition) is 3. The molecule has 1 N–H and O–H groups in total. The van der Waals surface area contributed by atoms with Gasteiger partial charge in [-0.05, 0) is 53.6 Å². The van der Waals surface area contributed by atoms with Crippen LogP contribution < -0.4 is 5.32 Å². The average molecular weight is 404 g/mol. The van der Waals surface area contributed by atoms with Crippen molar-refractivity contribution in [3.05, 3.63) is 38.3 Å². The fourth-order valence-electron chi connectivity index (χ4n) is 2.02. The second-order valence-electron chi connectivity index (χ2n) is 4.75. The zero-order valence-electron chi connectivity index (χ0n) is 10.8. The number of rotatable bonds is 3. The summed E-state index contributed by atoms with van der Waals surface area (Å²) in [5.74, 6) is 1.37. The van der Waals surface area contributed by atoms with Crippen LogP contribution >= 0.6 is 34.2 Å². The zero-order chi connectivity index (χ0) is 14.3. The first kappa shape index (κ1) is 14.0. The molecule has 0 amide bonds. The summed E-state index contributed by atoms with van der Waals surface area (Å²) in [4.78, 5) is 9.08. The predicted octanol–water partition coefficient (Wildman–Crippen LogP) is 4.46. The van der Waals surface area contributed by atoms with Crippen molar-refractivity contribution in [3.8, 4) is 11.4 Å². The lowest BCUT2D eigenvalue weighted by Crippen LogP contribution is -2.04. The predicted molar refractivity (Wildman–Crippen MR) is 86.7 cm³/mol. The average Bonchev–Trinajstić information content (AvgIpc) is 3.27. The Morgan fingerprint density at radius 2 is 2.10 bits per heavy atom. The highest BCUT2D eigenvalue weighted by molar-refractivity contribution is 14.1. The van der Waals surface area contributed by atoms with Gasteiger partial charge in [-0.15, -0.1) is 0 Å². The fourth-order valence-corrected chi connectivity index (χ4v) is 3.09. The summed E-state index contributed by atoms with van der Waals surface area (Å²) in [6, 6.07) is 4.65.